The Morgan fingerprint density at radius 3 is 2.91 bits per heavy atom. The summed E-state index contributed by atoms with van der Waals surface area (Å²) in [6, 6.07) is 3.91. The van der Waals surface area contributed by atoms with E-state index in [1.165, 1.54) is 0 Å². The predicted octanol–water partition coefficient (Wildman–Crippen LogP) is 3.14. The van der Waals surface area contributed by atoms with E-state index in [9.17, 15) is 0 Å². The highest BCUT2D eigenvalue weighted by atomic mass is 32.1. The Hall–Kier alpha value is -1.96. The lowest BCUT2D eigenvalue weighted by Gasteiger charge is -2.23. The summed E-state index contributed by atoms with van der Waals surface area (Å²) in [5.74, 6) is 1.71. The van der Waals surface area contributed by atoms with Crippen molar-refractivity contribution in [2.45, 2.75) is 12.7 Å². The molecule has 120 valence electrons. The number of imidazole rings is 1. The first-order valence-electron chi connectivity index (χ1n) is 7.45. The van der Waals surface area contributed by atoms with Crippen molar-refractivity contribution in [3.8, 4) is 16.5 Å². The van der Waals surface area contributed by atoms with Crippen LogP contribution >= 0.6 is 11.3 Å². The van der Waals surface area contributed by atoms with Gasteiger partial charge in [0.2, 0.25) is 6.29 Å². The van der Waals surface area contributed by atoms with Gasteiger partial charge in [-0.2, -0.15) is 0 Å². The van der Waals surface area contributed by atoms with Crippen LogP contribution in [0.25, 0.3) is 20.9 Å². The molecule has 0 bridgehead atoms. The average molecular weight is 331 g/mol. The molecule has 0 N–H and O–H groups in total. The highest BCUT2D eigenvalue weighted by molar-refractivity contribution is 7.22. The minimum absolute atomic E-state index is 0.336. The summed E-state index contributed by atoms with van der Waals surface area (Å²) in [6.45, 7) is 1.43. The quantitative estimate of drug-likeness (QED) is 0.738. The van der Waals surface area contributed by atoms with Crippen LogP contribution in [0.4, 0.5) is 0 Å². The van der Waals surface area contributed by atoms with E-state index in [-0.39, 0.29) is 6.29 Å². The Morgan fingerprint density at radius 2 is 2.13 bits per heavy atom. The van der Waals surface area contributed by atoms with Gasteiger partial charge in [-0.25, -0.2) is 4.98 Å². The third-order valence-electron chi connectivity index (χ3n) is 3.91. The lowest BCUT2D eigenvalue weighted by molar-refractivity contribution is -0.186. The van der Waals surface area contributed by atoms with Gasteiger partial charge in [0.15, 0.2) is 0 Å². The van der Waals surface area contributed by atoms with Gasteiger partial charge in [0.05, 0.1) is 47.3 Å². The summed E-state index contributed by atoms with van der Waals surface area (Å²) in [7, 11) is 3.65. The smallest absolute Gasteiger partial charge is 0.200 e. The van der Waals surface area contributed by atoms with Crippen molar-refractivity contribution >= 4 is 21.6 Å². The zero-order chi connectivity index (χ0) is 15.8. The first-order chi connectivity index (χ1) is 11.3. The number of ether oxygens (including phenoxy) is 3. The normalized spacial score (nSPS) is 16.1. The van der Waals surface area contributed by atoms with E-state index in [1.54, 1.807) is 24.6 Å². The molecule has 0 unspecified atom stereocenters. The molecule has 1 saturated heterocycles. The van der Waals surface area contributed by atoms with Crippen molar-refractivity contribution in [2.24, 2.45) is 7.05 Å². The number of fused-ring (bicyclic) bond motifs is 1. The van der Waals surface area contributed by atoms with Crippen molar-refractivity contribution in [2.75, 3.05) is 20.3 Å². The molecule has 0 amide bonds. The maximum atomic E-state index is 5.68. The van der Waals surface area contributed by atoms with Gasteiger partial charge < -0.3 is 18.8 Å². The van der Waals surface area contributed by atoms with Gasteiger partial charge in [-0.3, -0.25) is 4.98 Å². The largest absolute Gasteiger partial charge is 0.495 e. The molecule has 6 nitrogen and oxygen atoms in total. The second-order valence-electron chi connectivity index (χ2n) is 5.33. The van der Waals surface area contributed by atoms with Gasteiger partial charge in [-0.15, -0.1) is 11.3 Å². The number of aromatic nitrogens is 3. The van der Waals surface area contributed by atoms with Gasteiger partial charge in [0.1, 0.15) is 11.6 Å². The number of methoxy groups -OCH3 is 1. The van der Waals surface area contributed by atoms with E-state index in [1.807, 2.05) is 29.9 Å². The highest BCUT2D eigenvalue weighted by Gasteiger charge is 2.23. The summed E-state index contributed by atoms with van der Waals surface area (Å²) in [4.78, 5) is 10.0. The van der Waals surface area contributed by atoms with E-state index < -0.39 is 0 Å². The van der Waals surface area contributed by atoms with Crippen molar-refractivity contribution in [3.63, 3.8) is 0 Å². The number of thiophene rings is 1. The standard InChI is InChI=1S/C16H17N3O3S/c1-19-11(16-21-6-3-7-22-16)9-18-15(19)13-8-10-14(23-13)12(20-2)4-5-17-10/h4-5,8-9,16H,3,6-7H2,1-2H3. The number of hydrogen-bond acceptors (Lipinski definition) is 6. The van der Waals surface area contributed by atoms with Gasteiger partial charge >= 0.3 is 0 Å². The van der Waals surface area contributed by atoms with Crippen LogP contribution in [0, 0.1) is 0 Å². The third-order valence-corrected chi connectivity index (χ3v) is 5.04. The van der Waals surface area contributed by atoms with Crippen LogP contribution in [0.1, 0.15) is 18.4 Å². The fraction of sp³-hybridized carbons (Fsp3) is 0.375. The Bertz CT molecular complexity index is 836. The van der Waals surface area contributed by atoms with E-state index >= 15 is 0 Å². The average Bonchev–Trinajstić information content (AvgIpc) is 3.18. The molecule has 1 aliphatic heterocycles. The van der Waals surface area contributed by atoms with Crippen LogP contribution in [0.15, 0.2) is 24.5 Å². The summed E-state index contributed by atoms with van der Waals surface area (Å²) in [6.07, 6.45) is 4.17. The lowest BCUT2D eigenvalue weighted by Crippen LogP contribution is -2.19. The molecule has 0 radical (unpaired) electrons. The molecule has 0 atom stereocenters. The second-order valence-corrected chi connectivity index (χ2v) is 6.38. The molecule has 1 fully saturated rings. The molecule has 4 heterocycles. The van der Waals surface area contributed by atoms with E-state index in [0.29, 0.717) is 0 Å². The fourth-order valence-electron chi connectivity index (χ4n) is 2.71. The molecule has 0 saturated carbocycles. The molecule has 0 aromatic carbocycles. The molecule has 0 spiro atoms. The summed E-state index contributed by atoms with van der Waals surface area (Å²) in [5.41, 5.74) is 1.84. The van der Waals surface area contributed by atoms with Crippen molar-refractivity contribution < 1.29 is 14.2 Å². The summed E-state index contributed by atoms with van der Waals surface area (Å²) in [5, 5.41) is 0. The first-order valence-corrected chi connectivity index (χ1v) is 8.27. The van der Waals surface area contributed by atoms with Crippen LogP contribution in [-0.2, 0) is 16.5 Å². The number of nitrogens with zero attached hydrogens (tertiary/aromatic N) is 3. The molecular formula is C16H17N3O3S. The van der Waals surface area contributed by atoms with E-state index in [2.05, 4.69) is 9.97 Å². The summed E-state index contributed by atoms with van der Waals surface area (Å²) >= 11 is 1.62. The molecule has 1 aliphatic rings. The summed E-state index contributed by atoms with van der Waals surface area (Å²) < 4.78 is 19.8. The minimum Gasteiger partial charge on any atom is -0.495 e. The van der Waals surface area contributed by atoms with Gasteiger partial charge in [-0.1, -0.05) is 0 Å². The highest BCUT2D eigenvalue weighted by Crippen LogP contribution is 2.37. The van der Waals surface area contributed by atoms with Crippen LogP contribution in [0.5, 0.6) is 5.75 Å². The number of rotatable bonds is 3. The molecule has 3 aromatic heterocycles. The van der Waals surface area contributed by atoms with Crippen molar-refractivity contribution in [1.29, 1.82) is 0 Å². The maximum Gasteiger partial charge on any atom is 0.200 e. The SMILES string of the molecule is COc1ccnc2cc(-c3ncc(C4OCCCO4)n3C)sc12. The molecule has 0 aliphatic carbocycles. The minimum atomic E-state index is -0.336. The first kappa shape index (κ1) is 14.6. The van der Waals surface area contributed by atoms with Crippen LogP contribution in [-0.4, -0.2) is 34.9 Å². The Balaban J connectivity index is 1.75. The van der Waals surface area contributed by atoms with Gasteiger partial charge in [0, 0.05) is 13.2 Å². The molecule has 23 heavy (non-hydrogen) atoms. The predicted molar refractivity (Wildman–Crippen MR) is 87.6 cm³/mol. The maximum absolute atomic E-state index is 5.68. The molecular weight excluding hydrogens is 314 g/mol. The Labute approximate surface area is 137 Å². The molecule has 3 aromatic rings. The zero-order valence-corrected chi connectivity index (χ0v) is 13.8. The Morgan fingerprint density at radius 1 is 1.30 bits per heavy atom. The molecule has 4 rings (SSSR count). The Kier molecular flexibility index (Phi) is 3.76. The van der Waals surface area contributed by atoms with Gasteiger partial charge in [0.25, 0.3) is 0 Å². The van der Waals surface area contributed by atoms with E-state index in [4.69, 9.17) is 14.2 Å². The number of pyridine rings is 1. The van der Waals surface area contributed by atoms with Crippen molar-refractivity contribution in [1.82, 2.24) is 14.5 Å². The number of hydrogen-bond donors (Lipinski definition) is 0. The van der Waals surface area contributed by atoms with Crippen molar-refractivity contribution in [3.05, 3.63) is 30.2 Å². The van der Waals surface area contributed by atoms with Crippen LogP contribution < -0.4 is 4.74 Å². The second kappa shape index (κ2) is 5.92. The van der Waals surface area contributed by atoms with Gasteiger partial charge in [-0.05, 0) is 18.6 Å². The zero-order valence-electron chi connectivity index (χ0n) is 13.0. The van der Waals surface area contributed by atoms with Crippen LogP contribution in [0.2, 0.25) is 0 Å². The topological polar surface area (TPSA) is 58.4 Å². The molecule has 7 heteroatoms. The fourth-order valence-corrected chi connectivity index (χ4v) is 3.85. The van der Waals surface area contributed by atoms with Crippen LogP contribution in [0.3, 0.4) is 0 Å². The lowest BCUT2D eigenvalue weighted by atomic mass is 10.3. The van der Waals surface area contributed by atoms with E-state index in [0.717, 1.165) is 52.0 Å². The third kappa shape index (κ3) is 2.50. The monoisotopic (exact) mass is 331 g/mol.